The van der Waals surface area contributed by atoms with Crippen LogP contribution in [0.15, 0.2) is 42.7 Å². The molecule has 0 spiro atoms. The first-order valence-corrected chi connectivity index (χ1v) is 8.00. The van der Waals surface area contributed by atoms with Gasteiger partial charge in [0.15, 0.2) is 0 Å². The van der Waals surface area contributed by atoms with E-state index in [0.717, 1.165) is 15.8 Å². The molecule has 0 atom stereocenters. The fourth-order valence-corrected chi connectivity index (χ4v) is 3.38. The van der Waals surface area contributed by atoms with Gasteiger partial charge in [0.25, 0.3) is 0 Å². The topological polar surface area (TPSA) is 51.2 Å². The van der Waals surface area contributed by atoms with Crippen molar-refractivity contribution in [3.8, 4) is 0 Å². The molecule has 1 N–H and O–H groups in total. The number of nitrogens with zero attached hydrogens (tertiary/aromatic N) is 1. The van der Waals surface area contributed by atoms with Crippen molar-refractivity contribution >= 4 is 51.2 Å². The number of rotatable bonds is 5. The van der Waals surface area contributed by atoms with Crippen LogP contribution in [0.3, 0.4) is 0 Å². The average molecular weight is 367 g/mol. The Labute approximate surface area is 149 Å². The van der Waals surface area contributed by atoms with Crippen LogP contribution in [-0.4, -0.2) is 17.6 Å². The molecule has 0 radical (unpaired) electrons. The number of ether oxygens (including phenoxy) is 1. The average Bonchev–Trinajstić information content (AvgIpc) is 2.94. The number of nitrogens with one attached hydrogen (secondary N) is 1. The second-order valence-electron chi connectivity index (χ2n) is 4.85. The van der Waals surface area contributed by atoms with Crippen molar-refractivity contribution < 1.29 is 13.9 Å². The lowest BCUT2D eigenvalue weighted by Crippen LogP contribution is -2.05. The predicted octanol–water partition coefficient (Wildman–Crippen LogP) is 5.11. The van der Waals surface area contributed by atoms with Crippen molar-refractivity contribution in [1.29, 1.82) is 0 Å². The number of thiophene rings is 1. The van der Waals surface area contributed by atoms with E-state index in [1.807, 2.05) is 18.2 Å². The van der Waals surface area contributed by atoms with Gasteiger partial charge in [-0.2, -0.15) is 0 Å². The minimum Gasteiger partial charge on any atom is -0.462 e. The van der Waals surface area contributed by atoms with Crippen LogP contribution in [0, 0.1) is 0 Å². The number of fused-ring (bicyclic) bond motifs is 1. The van der Waals surface area contributed by atoms with Gasteiger partial charge in [-0.25, -0.2) is 9.18 Å². The minimum atomic E-state index is -0.532. The minimum absolute atomic E-state index is 0. The van der Waals surface area contributed by atoms with E-state index in [4.69, 9.17) is 4.74 Å². The quantitative estimate of drug-likeness (QED) is 0.637. The molecule has 24 heavy (non-hydrogen) atoms. The summed E-state index contributed by atoms with van der Waals surface area (Å²) in [5, 5.41) is 4.12. The Morgan fingerprint density at radius 2 is 2.04 bits per heavy atom. The second-order valence-corrected chi connectivity index (χ2v) is 5.90. The monoisotopic (exact) mass is 366 g/mol. The Bertz CT molecular complexity index is 839. The smallest absolute Gasteiger partial charge is 0.350 e. The number of benzene rings is 1. The zero-order chi connectivity index (χ0) is 16.2. The Morgan fingerprint density at radius 3 is 2.71 bits per heavy atom. The zero-order valence-electron chi connectivity index (χ0n) is 12.9. The first-order chi connectivity index (χ1) is 11.2. The summed E-state index contributed by atoms with van der Waals surface area (Å²) in [5.74, 6) is -0.382. The molecule has 0 aliphatic heterocycles. The Kier molecular flexibility index (Phi) is 6.11. The summed E-state index contributed by atoms with van der Waals surface area (Å²) in [4.78, 5) is 16.7. The second kappa shape index (κ2) is 8.08. The molecule has 0 saturated carbocycles. The molecule has 2 aromatic heterocycles. The van der Waals surface area contributed by atoms with Crippen molar-refractivity contribution in [2.24, 2.45) is 0 Å². The highest BCUT2D eigenvalue weighted by molar-refractivity contribution is 7.21. The van der Waals surface area contributed by atoms with E-state index in [9.17, 15) is 9.18 Å². The number of anilines is 2. The van der Waals surface area contributed by atoms with Gasteiger partial charge in [0.2, 0.25) is 0 Å². The van der Waals surface area contributed by atoms with Crippen molar-refractivity contribution in [3.05, 3.63) is 53.2 Å². The summed E-state index contributed by atoms with van der Waals surface area (Å²) in [6.07, 6.45) is 3.34. The van der Waals surface area contributed by atoms with Crippen LogP contribution >= 0.6 is 23.7 Å². The molecule has 0 saturated heterocycles. The molecule has 0 unspecified atom stereocenters. The van der Waals surface area contributed by atoms with E-state index in [1.165, 1.54) is 11.3 Å². The molecular weight excluding hydrogens is 351 g/mol. The third-order valence-electron chi connectivity index (χ3n) is 3.32. The molecule has 0 fully saturated rings. The summed E-state index contributed by atoms with van der Waals surface area (Å²) in [6, 6.07) is 8.94. The van der Waals surface area contributed by atoms with E-state index in [0.29, 0.717) is 22.7 Å². The van der Waals surface area contributed by atoms with Gasteiger partial charge in [-0.15, -0.1) is 23.7 Å². The van der Waals surface area contributed by atoms with Gasteiger partial charge in [0.1, 0.15) is 11.6 Å². The largest absolute Gasteiger partial charge is 0.462 e. The van der Waals surface area contributed by atoms with Crippen molar-refractivity contribution in [3.63, 3.8) is 0 Å². The molecule has 0 aliphatic carbocycles. The number of hydrogen-bond acceptors (Lipinski definition) is 5. The summed E-state index contributed by atoms with van der Waals surface area (Å²) in [5.41, 5.74) is 2.09. The molecule has 0 aliphatic rings. The Balaban J connectivity index is 0.00000208. The SMILES string of the molecule is CCOC(=O)c1sc2cc(CF)ccc2c1Nc1ccncc1.Cl. The molecule has 3 rings (SSSR count). The van der Waals surface area contributed by atoms with Crippen LogP contribution < -0.4 is 5.32 Å². The van der Waals surface area contributed by atoms with E-state index < -0.39 is 6.67 Å². The molecule has 0 bridgehead atoms. The first kappa shape index (κ1) is 18.2. The van der Waals surface area contributed by atoms with Gasteiger partial charge in [-0.05, 0) is 30.7 Å². The third kappa shape index (κ3) is 3.66. The van der Waals surface area contributed by atoms with E-state index in [2.05, 4.69) is 10.3 Å². The number of pyridine rings is 1. The van der Waals surface area contributed by atoms with E-state index >= 15 is 0 Å². The molecule has 2 heterocycles. The van der Waals surface area contributed by atoms with E-state index in [1.54, 1.807) is 31.5 Å². The molecule has 1 aromatic carbocycles. The van der Waals surface area contributed by atoms with Gasteiger partial charge >= 0.3 is 5.97 Å². The molecule has 3 aromatic rings. The van der Waals surface area contributed by atoms with Crippen molar-refractivity contribution in [1.82, 2.24) is 4.98 Å². The van der Waals surface area contributed by atoms with Crippen molar-refractivity contribution in [2.45, 2.75) is 13.6 Å². The highest BCUT2D eigenvalue weighted by Crippen LogP contribution is 2.38. The maximum Gasteiger partial charge on any atom is 0.350 e. The lowest BCUT2D eigenvalue weighted by Gasteiger charge is -2.08. The fraction of sp³-hybridized carbons (Fsp3) is 0.176. The van der Waals surface area contributed by atoms with Gasteiger partial charge in [0.05, 0.1) is 12.3 Å². The van der Waals surface area contributed by atoms with Gasteiger partial charge in [-0.3, -0.25) is 4.98 Å². The van der Waals surface area contributed by atoms with Crippen LogP contribution in [-0.2, 0) is 11.4 Å². The standard InChI is InChI=1S/C17H15FN2O2S.ClH/c1-2-22-17(21)16-15(20-12-5-7-19-8-6-12)13-4-3-11(10-18)9-14(13)23-16;/h3-9H,2,10H2,1H3,(H,19,20);1H. The van der Waals surface area contributed by atoms with Gasteiger partial charge in [0, 0.05) is 28.2 Å². The normalized spacial score (nSPS) is 10.2. The summed E-state index contributed by atoms with van der Waals surface area (Å²) in [6.45, 7) is 1.54. The van der Waals surface area contributed by atoms with Crippen molar-refractivity contribution in [2.75, 3.05) is 11.9 Å². The first-order valence-electron chi connectivity index (χ1n) is 7.18. The highest BCUT2D eigenvalue weighted by atomic mass is 35.5. The number of hydrogen-bond donors (Lipinski definition) is 1. The number of esters is 1. The summed E-state index contributed by atoms with van der Waals surface area (Å²) < 4.78 is 18.9. The van der Waals surface area contributed by atoms with Gasteiger partial charge < -0.3 is 10.1 Å². The molecule has 4 nitrogen and oxygen atoms in total. The molecular formula is C17H16ClFN2O2S. The Hall–Kier alpha value is -2.18. The maximum absolute atomic E-state index is 12.9. The van der Waals surface area contributed by atoms with Crippen LogP contribution in [0.2, 0.25) is 0 Å². The maximum atomic E-state index is 12.9. The lowest BCUT2D eigenvalue weighted by molar-refractivity contribution is 0.0533. The van der Waals surface area contributed by atoms with Crippen LogP contribution in [0.25, 0.3) is 10.1 Å². The van der Waals surface area contributed by atoms with Crippen LogP contribution in [0.5, 0.6) is 0 Å². The third-order valence-corrected chi connectivity index (χ3v) is 4.45. The Morgan fingerprint density at radius 1 is 1.29 bits per heavy atom. The predicted molar refractivity (Wildman–Crippen MR) is 97.4 cm³/mol. The highest BCUT2D eigenvalue weighted by Gasteiger charge is 2.20. The van der Waals surface area contributed by atoms with Crippen LogP contribution in [0.1, 0.15) is 22.2 Å². The van der Waals surface area contributed by atoms with Gasteiger partial charge in [-0.1, -0.05) is 12.1 Å². The molecule has 7 heteroatoms. The number of alkyl halides is 1. The molecule has 126 valence electrons. The van der Waals surface area contributed by atoms with Crippen LogP contribution in [0.4, 0.5) is 15.8 Å². The number of carbonyl (C=O) groups is 1. The fourth-order valence-electron chi connectivity index (χ4n) is 2.27. The number of aromatic nitrogens is 1. The summed E-state index contributed by atoms with van der Waals surface area (Å²) >= 11 is 1.30. The molecule has 0 amide bonds. The lowest BCUT2D eigenvalue weighted by atomic mass is 10.1. The zero-order valence-corrected chi connectivity index (χ0v) is 14.5. The number of halogens is 2. The number of carbonyl (C=O) groups excluding carboxylic acids is 1. The summed E-state index contributed by atoms with van der Waals surface area (Å²) in [7, 11) is 0. The van der Waals surface area contributed by atoms with E-state index in [-0.39, 0.29) is 18.4 Å².